The summed E-state index contributed by atoms with van der Waals surface area (Å²) in [5.74, 6) is 0. The van der Waals surface area contributed by atoms with Crippen molar-refractivity contribution in [2.24, 2.45) is 0 Å². The number of nitrogens with zero attached hydrogens (tertiary/aromatic N) is 1. The number of para-hydroxylation sites is 1. The van der Waals surface area contributed by atoms with Crippen LogP contribution >= 0.6 is 0 Å². The minimum absolute atomic E-state index is 0.0763. The molecule has 0 unspecified atom stereocenters. The number of rotatable bonds is 3. The van der Waals surface area contributed by atoms with Crippen LogP contribution < -0.4 is 5.23 Å². The summed E-state index contributed by atoms with van der Waals surface area (Å²) in [6.07, 6.45) is 0. The van der Waals surface area contributed by atoms with Gasteiger partial charge in [0.25, 0.3) is 0 Å². The van der Waals surface area contributed by atoms with E-state index < -0.39 is 15.1 Å². The lowest BCUT2D eigenvalue weighted by molar-refractivity contribution is 0.294. The molecule has 0 bridgehead atoms. The smallest absolute Gasteiger partial charge is 0.208 e. The molecular weight excluding hydrogens is 266 g/mol. The first-order valence-corrected chi connectivity index (χ1v) is 6.98. The molecule has 0 spiro atoms. The van der Waals surface area contributed by atoms with Crippen LogP contribution in [0.2, 0.25) is 0 Å². The van der Waals surface area contributed by atoms with Crippen molar-refractivity contribution in [3.05, 3.63) is 59.3 Å². The SMILES string of the molecule is Cc1ccc(S(=O)(=O)c2ccccc2N([O-])O)cc1. The molecule has 0 saturated heterocycles. The molecule has 0 radical (unpaired) electrons. The van der Waals surface area contributed by atoms with Crippen molar-refractivity contribution < 1.29 is 13.6 Å². The zero-order chi connectivity index (χ0) is 14.0. The van der Waals surface area contributed by atoms with Crippen LogP contribution in [-0.2, 0) is 9.84 Å². The maximum atomic E-state index is 12.4. The zero-order valence-corrected chi connectivity index (χ0v) is 11.0. The first-order chi connectivity index (χ1) is 8.93. The van der Waals surface area contributed by atoms with Crippen molar-refractivity contribution in [1.82, 2.24) is 0 Å². The number of hydrogen-bond acceptors (Lipinski definition) is 5. The highest BCUT2D eigenvalue weighted by atomic mass is 32.2. The van der Waals surface area contributed by atoms with Crippen LogP contribution in [0.4, 0.5) is 5.69 Å². The predicted molar refractivity (Wildman–Crippen MR) is 70.7 cm³/mol. The quantitative estimate of drug-likeness (QED) is 0.872. The second kappa shape index (κ2) is 5.00. The highest BCUT2D eigenvalue weighted by Crippen LogP contribution is 2.29. The number of anilines is 1. The minimum atomic E-state index is -3.83. The van der Waals surface area contributed by atoms with Gasteiger partial charge in [0.05, 0.1) is 15.5 Å². The summed E-state index contributed by atoms with van der Waals surface area (Å²) in [4.78, 5) is -0.149. The molecule has 0 fully saturated rings. The average Bonchev–Trinajstić information content (AvgIpc) is 2.39. The molecule has 0 aliphatic rings. The molecule has 2 aromatic rings. The lowest BCUT2D eigenvalue weighted by Gasteiger charge is -2.24. The molecule has 19 heavy (non-hydrogen) atoms. The lowest BCUT2D eigenvalue weighted by atomic mass is 10.2. The molecular formula is C13H12NO4S-. The summed E-state index contributed by atoms with van der Waals surface area (Å²) < 4.78 is 24.8. The molecule has 5 nitrogen and oxygen atoms in total. The molecule has 6 heteroatoms. The molecule has 0 saturated carbocycles. The topological polar surface area (TPSA) is 80.7 Å². The van der Waals surface area contributed by atoms with Gasteiger partial charge >= 0.3 is 0 Å². The Hall–Kier alpha value is -1.89. The van der Waals surface area contributed by atoms with E-state index in [0.29, 0.717) is 0 Å². The van der Waals surface area contributed by atoms with Gasteiger partial charge in [-0.25, -0.2) is 8.42 Å². The fraction of sp³-hybridized carbons (Fsp3) is 0.0769. The largest absolute Gasteiger partial charge is 0.733 e. The van der Waals surface area contributed by atoms with E-state index in [1.54, 1.807) is 12.1 Å². The van der Waals surface area contributed by atoms with Gasteiger partial charge in [0.15, 0.2) is 0 Å². The molecule has 100 valence electrons. The Balaban J connectivity index is 2.60. The van der Waals surface area contributed by atoms with Crippen LogP contribution in [0.15, 0.2) is 58.3 Å². The molecule has 0 heterocycles. The van der Waals surface area contributed by atoms with E-state index in [1.165, 1.54) is 36.4 Å². The Morgan fingerprint density at radius 3 is 2.21 bits per heavy atom. The predicted octanol–water partition coefficient (Wildman–Crippen LogP) is 2.52. The van der Waals surface area contributed by atoms with Gasteiger partial charge in [0, 0.05) is 0 Å². The maximum Gasteiger partial charge on any atom is 0.208 e. The number of aryl methyl sites for hydroxylation is 1. The van der Waals surface area contributed by atoms with Crippen LogP contribution in [0, 0.1) is 12.1 Å². The Labute approximate surface area is 111 Å². The molecule has 2 rings (SSSR count). The van der Waals surface area contributed by atoms with Crippen molar-refractivity contribution in [3.8, 4) is 0 Å². The van der Waals surface area contributed by atoms with E-state index in [1.807, 2.05) is 6.92 Å². The van der Waals surface area contributed by atoms with E-state index in [4.69, 9.17) is 5.21 Å². The summed E-state index contributed by atoms with van der Waals surface area (Å²) in [5, 5.41) is 19.5. The first-order valence-electron chi connectivity index (χ1n) is 5.50. The highest BCUT2D eigenvalue weighted by molar-refractivity contribution is 7.91. The molecule has 0 aromatic heterocycles. The van der Waals surface area contributed by atoms with Crippen LogP contribution in [0.1, 0.15) is 5.56 Å². The highest BCUT2D eigenvalue weighted by Gasteiger charge is 2.21. The van der Waals surface area contributed by atoms with E-state index in [2.05, 4.69) is 0 Å². The van der Waals surface area contributed by atoms with Gasteiger partial charge in [0.1, 0.15) is 0 Å². The molecule has 0 atom stereocenters. The van der Waals surface area contributed by atoms with Crippen molar-refractivity contribution >= 4 is 15.5 Å². The summed E-state index contributed by atoms with van der Waals surface area (Å²) in [6.45, 7) is 1.84. The number of sulfone groups is 1. The number of benzene rings is 2. The third-order valence-electron chi connectivity index (χ3n) is 2.69. The third kappa shape index (κ3) is 2.60. The fourth-order valence-electron chi connectivity index (χ4n) is 1.69. The van der Waals surface area contributed by atoms with E-state index in [-0.39, 0.29) is 15.5 Å². The Morgan fingerprint density at radius 1 is 1.05 bits per heavy atom. The van der Waals surface area contributed by atoms with Crippen molar-refractivity contribution in [1.29, 1.82) is 0 Å². The van der Waals surface area contributed by atoms with Crippen molar-refractivity contribution in [2.75, 3.05) is 5.23 Å². The summed E-state index contributed by atoms with van der Waals surface area (Å²) in [7, 11) is -3.83. The van der Waals surface area contributed by atoms with Crippen LogP contribution in [0.5, 0.6) is 0 Å². The summed E-state index contributed by atoms with van der Waals surface area (Å²) in [5.41, 5.74) is 0.628. The van der Waals surface area contributed by atoms with Gasteiger partial charge in [-0.3, -0.25) is 5.21 Å². The maximum absolute atomic E-state index is 12.4. The van der Waals surface area contributed by atoms with E-state index in [9.17, 15) is 13.6 Å². The van der Waals surface area contributed by atoms with E-state index in [0.717, 1.165) is 5.56 Å². The zero-order valence-electron chi connectivity index (χ0n) is 10.1. The van der Waals surface area contributed by atoms with Gasteiger partial charge in [-0.05, 0) is 31.2 Å². The van der Waals surface area contributed by atoms with Gasteiger partial charge in [-0.2, -0.15) is 0 Å². The van der Waals surface area contributed by atoms with Crippen LogP contribution in [0.3, 0.4) is 0 Å². The van der Waals surface area contributed by atoms with Gasteiger partial charge in [-0.1, -0.05) is 29.8 Å². The van der Waals surface area contributed by atoms with Crippen molar-refractivity contribution in [3.63, 3.8) is 0 Å². The second-order valence-corrected chi connectivity index (χ2v) is 5.98. The fourth-order valence-corrected chi connectivity index (χ4v) is 3.11. The van der Waals surface area contributed by atoms with Crippen LogP contribution in [-0.4, -0.2) is 13.6 Å². The second-order valence-electron chi connectivity index (χ2n) is 4.06. The molecule has 0 aliphatic carbocycles. The van der Waals surface area contributed by atoms with E-state index >= 15 is 0 Å². The Bertz CT molecular complexity index is 678. The van der Waals surface area contributed by atoms with Crippen molar-refractivity contribution in [2.45, 2.75) is 16.7 Å². The molecule has 0 amide bonds. The number of hydrogen-bond donors (Lipinski definition) is 1. The minimum Gasteiger partial charge on any atom is -0.733 e. The lowest BCUT2D eigenvalue weighted by Crippen LogP contribution is -2.13. The average molecular weight is 278 g/mol. The Kier molecular flexibility index (Phi) is 3.57. The van der Waals surface area contributed by atoms with Crippen LogP contribution in [0.25, 0.3) is 0 Å². The van der Waals surface area contributed by atoms with Gasteiger partial charge < -0.3 is 10.4 Å². The Morgan fingerprint density at radius 2 is 1.63 bits per heavy atom. The van der Waals surface area contributed by atoms with Gasteiger partial charge in [-0.15, -0.1) is 0 Å². The molecule has 0 aliphatic heterocycles. The summed E-state index contributed by atoms with van der Waals surface area (Å²) >= 11 is 0. The van der Waals surface area contributed by atoms with Gasteiger partial charge in [0.2, 0.25) is 9.84 Å². The standard InChI is InChI=1S/C13H12NO4S/c1-10-6-8-11(9-7-10)19(17,18)13-5-3-2-4-12(13)14(15)16/h2-9,15H,1H3/q-1. The molecule has 1 N–H and O–H groups in total. The third-order valence-corrected chi connectivity index (χ3v) is 4.51. The first kappa shape index (κ1) is 13.5. The normalized spacial score (nSPS) is 11.3. The monoisotopic (exact) mass is 278 g/mol. The summed E-state index contributed by atoms with van der Waals surface area (Å²) in [6, 6.07) is 11.8. The molecule has 2 aromatic carbocycles.